The Morgan fingerprint density at radius 1 is 0.667 bits per heavy atom. The summed E-state index contributed by atoms with van der Waals surface area (Å²) in [6.45, 7) is 4.24. The molecule has 0 saturated carbocycles. The third kappa shape index (κ3) is 31.5. The molecule has 0 aromatic heterocycles. The standard InChI is InChI=1S/C14H26O4.2C4H11NO/c1-2-3-4-5-6-7-8-9-10-11-12(13(15)16)14(17)18;2*1-5(2)3-4-6/h12H,2-11H2,1H3,(H,15,16)(H,17,18);2*6H,3-4H2,1-2H3. The molecule has 0 aliphatic carbocycles. The van der Waals surface area contributed by atoms with E-state index in [1.165, 1.54) is 38.5 Å². The van der Waals surface area contributed by atoms with Crippen LogP contribution >= 0.6 is 0 Å². The third-order valence-electron chi connectivity index (χ3n) is 4.29. The van der Waals surface area contributed by atoms with Crippen molar-refractivity contribution in [1.82, 2.24) is 9.80 Å². The zero-order valence-corrected chi connectivity index (χ0v) is 20.0. The quantitative estimate of drug-likeness (QED) is 0.215. The second-order valence-electron chi connectivity index (χ2n) is 7.90. The highest BCUT2D eigenvalue weighted by molar-refractivity contribution is 5.92. The molecule has 8 heteroatoms. The number of hydrogen-bond acceptors (Lipinski definition) is 6. The molecule has 182 valence electrons. The molecular formula is C22H48N2O6. The summed E-state index contributed by atoms with van der Waals surface area (Å²) in [5.41, 5.74) is 0. The van der Waals surface area contributed by atoms with Gasteiger partial charge in [-0.1, -0.05) is 64.7 Å². The summed E-state index contributed by atoms with van der Waals surface area (Å²) >= 11 is 0. The topological polar surface area (TPSA) is 122 Å². The van der Waals surface area contributed by atoms with E-state index in [-0.39, 0.29) is 19.6 Å². The van der Waals surface area contributed by atoms with Crippen molar-refractivity contribution < 1.29 is 30.0 Å². The van der Waals surface area contributed by atoms with Crippen LogP contribution in [0.25, 0.3) is 0 Å². The Balaban J connectivity index is -0.000000495. The highest BCUT2D eigenvalue weighted by Gasteiger charge is 2.24. The van der Waals surface area contributed by atoms with Gasteiger partial charge >= 0.3 is 11.9 Å². The van der Waals surface area contributed by atoms with Gasteiger partial charge in [-0.25, -0.2) is 0 Å². The van der Waals surface area contributed by atoms with Crippen LogP contribution in [-0.4, -0.2) is 96.7 Å². The molecule has 8 nitrogen and oxygen atoms in total. The van der Waals surface area contributed by atoms with Crippen LogP contribution in [0.5, 0.6) is 0 Å². The van der Waals surface area contributed by atoms with Crippen LogP contribution in [0, 0.1) is 5.92 Å². The third-order valence-corrected chi connectivity index (χ3v) is 4.29. The fourth-order valence-corrected chi connectivity index (χ4v) is 2.41. The molecule has 0 rings (SSSR count). The van der Waals surface area contributed by atoms with E-state index in [2.05, 4.69) is 6.92 Å². The number of nitrogens with zero attached hydrogens (tertiary/aromatic N) is 2. The molecule has 0 atom stereocenters. The van der Waals surface area contributed by atoms with Crippen molar-refractivity contribution in [2.24, 2.45) is 5.92 Å². The number of likely N-dealkylation sites (N-methyl/N-ethyl adjacent to an activating group) is 2. The molecule has 0 unspecified atom stereocenters. The van der Waals surface area contributed by atoms with E-state index in [1.807, 2.05) is 38.0 Å². The lowest BCUT2D eigenvalue weighted by Gasteiger charge is -2.06. The van der Waals surface area contributed by atoms with Crippen LogP contribution in [0.2, 0.25) is 0 Å². The summed E-state index contributed by atoms with van der Waals surface area (Å²) < 4.78 is 0. The molecule has 0 aliphatic rings. The van der Waals surface area contributed by atoms with Crippen molar-refractivity contribution in [3.05, 3.63) is 0 Å². The number of unbranched alkanes of at least 4 members (excludes halogenated alkanes) is 8. The minimum Gasteiger partial charge on any atom is -0.481 e. The first-order valence-electron chi connectivity index (χ1n) is 11.1. The van der Waals surface area contributed by atoms with Crippen molar-refractivity contribution >= 4 is 11.9 Å². The van der Waals surface area contributed by atoms with E-state index in [0.29, 0.717) is 6.42 Å². The van der Waals surface area contributed by atoms with E-state index in [9.17, 15) is 9.59 Å². The number of aliphatic hydroxyl groups excluding tert-OH is 2. The number of carbonyl (C=O) groups is 2. The van der Waals surface area contributed by atoms with E-state index >= 15 is 0 Å². The number of carboxylic acids is 2. The molecule has 0 amide bonds. The van der Waals surface area contributed by atoms with Gasteiger partial charge in [-0.15, -0.1) is 0 Å². The zero-order valence-electron chi connectivity index (χ0n) is 20.0. The second kappa shape index (κ2) is 25.8. The highest BCUT2D eigenvalue weighted by Crippen LogP contribution is 2.14. The van der Waals surface area contributed by atoms with E-state index in [0.717, 1.165) is 25.9 Å². The first-order valence-corrected chi connectivity index (χ1v) is 11.1. The molecule has 0 spiro atoms. The second-order valence-corrected chi connectivity index (χ2v) is 7.90. The number of aliphatic carboxylic acids is 2. The first kappa shape index (κ1) is 33.4. The summed E-state index contributed by atoms with van der Waals surface area (Å²) in [4.78, 5) is 25.1. The summed E-state index contributed by atoms with van der Waals surface area (Å²) in [6, 6.07) is 0. The van der Waals surface area contributed by atoms with E-state index in [4.69, 9.17) is 20.4 Å². The largest absolute Gasteiger partial charge is 0.481 e. The molecule has 0 saturated heterocycles. The number of hydrogen-bond donors (Lipinski definition) is 4. The zero-order chi connectivity index (χ0) is 23.8. The van der Waals surface area contributed by atoms with Crippen molar-refractivity contribution in [3.8, 4) is 0 Å². The Labute approximate surface area is 183 Å². The lowest BCUT2D eigenvalue weighted by Crippen LogP contribution is -2.23. The number of aliphatic hydroxyl groups is 2. The molecule has 0 heterocycles. The van der Waals surface area contributed by atoms with Crippen LogP contribution in [-0.2, 0) is 9.59 Å². The van der Waals surface area contributed by atoms with Gasteiger partial charge < -0.3 is 30.2 Å². The van der Waals surface area contributed by atoms with Crippen molar-refractivity contribution in [2.75, 3.05) is 54.5 Å². The fraction of sp³-hybridized carbons (Fsp3) is 0.909. The molecule has 0 aromatic rings. The van der Waals surface area contributed by atoms with Crippen LogP contribution < -0.4 is 0 Å². The number of rotatable bonds is 16. The smallest absolute Gasteiger partial charge is 0.317 e. The maximum absolute atomic E-state index is 10.6. The van der Waals surface area contributed by atoms with Crippen molar-refractivity contribution in [1.29, 1.82) is 0 Å². The van der Waals surface area contributed by atoms with Gasteiger partial charge in [-0.2, -0.15) is 0 Å². The van der Waals surface area contributed by atoms with Gasteiger partial charge in [0.2, 0.25) is 0 Å². The van der Waals surface area contributed by atoms with Gasteiger partial charge in [0, 0.05) is 13.1 Å². The summed E-state index contributed by atoms with van der Waals surface area (Å²) in [7, 11) is 7.71. The van der Waals surface area contributed by atoms with Gasteiger partial charge in [-0.3, -0.25) is 9.59 Å². The normalized spacial score (nSPS) is 10.5. The summed E-state index contributed by atoms with van der Waals surface area (Å²) in [5, 5.41) is 33.8. The van der Waals surface area contributed by atoms with E-state index < -0.39 is 17.9 Å². The van der Waals surface area contributed by atoms with Crippen molar-refractivity contribution in [2.45, 2.75) is 71.1 Å². The first-order chi connectivity index (χ1) is 14.1. The molecule has 4 N–H and O–H groups in total. The molecule has 30 heavy (non-hydrogen) atoms. The van der Waals surface area contributed by atoms with Crippen LogP contribution in [0.3, 0.4) is 0 Å². The molecular weight excluding hydrogens is 388 g/mol. The maximum Gasteiger partial charge on any atom is 0.317 e. The molecule has 0 aliphatic heterocycles. The maximum atomic E-state index is 10.6. The average molecular weight is 437 g/mol. The summed E-state index contributed by atoms with van der Waals surface area (Å²) in [5.74, 6) is -3.67. The predicted octanol–water partition coefficient (Wildman–Crippen LogP) is 2.77. The van der Waals surface area contributed by atoms with Crippen LogP contribution in [0.15, 0.2) is 0 Å². The van der Waals surface area contributed by atoms with E-state index in [1.54, 1.807) is 0 Å². The van der Waals surface area contributed by atoms with Gasteiger partial charge in [0.25, 0.3) is 0 Å². The van der Waals surface area contributed by atoms with Gasteiger partial charge in [0.15, 0.2) is 5.92 Å². The minimum atomic E-state index is -1.23. The average Bonchev–Trinajstić information content (AvgIpc) is 2.63. The van der Waals surface area contributed by atoms with Gasteiger partial charge in [-0.05, 0) is 34.6 Å². The predicted molar refractivity (Wildman–Crippen MR) is 122 cm³/mol. The number of carboxylic acid groups (broad SMARTS) is 2. The Morgan fingerprint density at radius 3 is 1.23 bits per heavy atom. The lowest BCUT2D eigenvalue weighted by atomic mass is 10.00. The fourth-order valence-electron chi connectivity index (χ4n) is 2.41. The van der Waals surface area contributed by atoms with Crippen LogP contribution in [0.4, 0.5) is 0 Å². The Morgan fingerprint density at radius 2 is 1.00 bits per heavy atom. The molecule has 0 radical (unpaired) electrons. The molecule has 0 fully saturated rings. The SMILES string of the molecule is CCCCCCCCCCCC(C(=O)O)C(=O)O.CN(C)CCO.CN(C)CCO. The minimum absolute atomic E-state index is 0.250. The Bertz CT molecular complexity index is 355. The van der Waals surface area contributed by atoms with Crippen LogP contribution in [0.1, 0.15) is 71.1 Å². The van der Waals surface area contributed by atoms with Gasteiger partial charge in [0.05, 0.1) is 13.2 Å². The molecule has 0 bridgehead atoms. The Kier molecular flexibility index (Phi) is 28.8. The Hall–Kier alpha value is -1.22. The van der Waals surface area contributed by atoms with Crippen molar-refractivity contribution in [3.63, 3.8) is 0 Å². The monoisotopic (exact) mass is 436 g/mol. The van der Waals surface area contributed by atoms with Gasteiger partial charge in [0.1, 0.15) is 0 Å². The summed E-state index contributed by atoms with van der Waals surface area (Å²) in [6.07, 6.45) is 10.5. The lowest BCUT2D eigenvalue weighted by molar-refractivity contribution is -0.154. The molecule has 0 aromatic carbocycles. The highest BCUT2D eigenvalue weighted by atomic mass is 16.4.